The summed E-state index contributed by atoms with van der Waals surface area (Å²) >= 11 is 0. The van der Waals surface area contributed by atoms with Crippen LogP contribution in [0.2, 0.25) is 0 Å². The summed E-state index contributed by atoms with van der Waals surface area (Å²) in [5, 5.41) is 4.37. The Morgan fingerprint density at radius 2 is 1.96 bits per heavy atom. The Hall–Kier alpha value is -2.24. The Kier molecular flexibility index (Phi) is 4.39. The number of nitrogens with zero attached hydrogens (tertiary/aromatic N) is 4. The fourth-order valence-corrected chi connectivity index (χ4v) is 3.40. The molecular formula is C19H25FN4O. The monoisotopic (exact) mass is 344 g/mol. The zero-order valence-corrected chi connectivity index (χ0v) is 15.3. The minimum absolute atomic E-state index is 0.134. The molecule has 1 aliphatic heterocycles. The third kappa shape index (κ3) is 3.57. The molecule has 0 radical (unpaired) electrons. The largest absolute Gasteiger partial charge is 0.330 e. The number of carbonyl (C=O) groups is 1. The van der Waals surface area contributed by atoms with Crippen LogP contribution in [0.25, 0.3) is 0 Å². The molecule has 1 aromatic carbocycles. The number of carbonyl (C=O) groups excluding carboxylic acids is 1. The van der Waals surface area contributed by atoms with E-state index in [0.29, 0.717) is 13.0 Å². The van der Waals surface area contributed by atoms with Crippen molar-refractivity contribution in [2.45, 2.75) is 58.0 Å². The SMILES string of the molecule is CC1(Cc2ccc(F)cc2)CCCN1C(=O)c1ncn(C(C)(C)C)n1. The summed E-state index contributed by atoms with van der Waals surface area (Å²) in [4.78, 5) is 19.1. The van der Waals surface area contributed by atoms with E-state index in [1.54, 1.807) is 23.1 Å². The van der Waals surface area contributed by atoms with Crippen LogP contribution >= 0.6 is 0 Å². The maximum Gasteiger partial charge on any atom is 0.293 e. The van der Waals surface area contributed by atoms with E-state index in [0.717, 1.165) is 18.4 Å². The van der Waals surface area contributed by atoms with Gasteiger partial charge in [-0.25, -0.2) is 14.1 Å². The molecule has 1 atom stereocenters. The summed E-state index contributed by atoms with van der Waals surface area (Å²) in [7, 11) is 0. The molecule has 1 unspecified atom stereocenters. The Balaban J connectivity index is 1.81. The topological polar surface area (TPSA) is 51.0 Å². The molecule has 0 spiro atoms. The third-order valence-electron chi connectivity index (χ3n) is 4.86. The average Bonchev–Trinajstić information content (AvgIpc) is 3.16. The van der Waals surface area contributed by atoms with E-state index < -0.39 is 0 Å². The number of benzene rings is 1. The van der Waals surface area contributed by atoms with Gasteiger partial charge in [0.1, 0.15) is 12.1 Å². The van der Waals surface area contributed by atoms with Crippen LogP contribution in [0.4, 0.5) is 4.39 Å². The van der Waals surface area contributed by atoms with Gasteiger partial charge >= 0.3 is 0 Å². The second-order valence-corrected chi connectivity index (χ2v) is 8.04. The Morgan fingerprint density at radius 1 is 1.28 bits per heavy atom. The molecule has 0 saturated carbocycles. The number of rotatable bonds is 3. The smallest absolute Gasteiger partial charge is 0.293 e. The highest BCUT2D eigenvalue weighted by Crippen LogP contribution is 2.33. The zero-order valence-electron chi connectivity index (χ0n) is 15.3. The van der Waals surface area contributed by atoms with Crippen molar-refractivity contribution in [3.05, 3.63) is 47.8 Å². The minimum Gasteiger partial charge on any atom is -0.330 e. The summed E-state index contributed by atoms with van der Waals surface area (Å²) < 4.78 is 14.9. The first-order valence-corrected chi connectivity index (χ1v) is 8.68. The first-order chi connectivity index (χ1) is 11.7. The van der Waals surface area contributed by atoms with Crippen LogP contribution in [0.15, 0.2) is 30.6 Å². The molecule has 5 nitrogen and oxygen atoms in total. The minimum atomic E-state index is -0.303. The van der Waals surface area contributed by atoms with E-state index in [1.165, 1.54) is 12.1 Å². The second kappa shape index (κ2) is 6.24. The second-order valence-electron chi connectivity index (χ2n) is 8.04. The Bertz CT molecular complexity index is 762. The van der Waals surface area contributed by atoms with Gasteiger partial charge < -0.3 is 4.90 Å². The molecule has 1 saturated heterocycles. The molecule has 1 aliphatic rings. The molecule has 134 valence electrons. The van der Waals surface area contributed by atoms with Gasteiger partial charge in [-0.1, -0.05) is 12.1 Å². The highest BCUT2D eigenvalue weighted by molar-refractivity contribution is 5.91. The van der Waals surface area contributed by atoms with Crippen molar-refractivity contribution in [3.63, 3.8) is 0 Å². The summed E-state index contributed by atoms with van der Waals surface area (Å²) in [6, 6.07) is 6.50. The molecule has 0 aliphatic carbocycles. The highest BCUT2D eigenvalue weighted by atomic mass is 19.1. The van der Waals surface area contributed by atoms with E-state index in [9.17, 15) is 9.18 Å². The van der Waals surface area contributed by atoms with Crippen LogP contribution in [0.5, 0.6) is 0 Å². The summed E-state index contributed by atoms with van der Waals surface area (Å²) in [5.41, 5.74) is 0.507. The quantitative estimate of drug-likeness (QED) is 0.857. The van der Waals surface area contributed by atoms with E-state index in [4.69, 9.17) is 0 Å². The molecule has 0 N–H and O–H groups in total. The number of aromatic nitrogens is 3. The molecule has 0 bridgehead atoms. The van der Waals surface area contributed by atoms with Gasteiger partial charge in [-0.3, -0.25) is 4.79 Å². The summed E-state index contributed by atoms with van der Waals surface area (Å²) in [6.45, 7) is 8.84. The standard InChI is InChI=1S/C19H25FN4O/c1-18(2,3)24-13-21-16(22-24)17(25)23-11-5-10-19(23,4)12-14-6-8-15(20)9-7-14/h6-9,13H,5,10-12H2,1-4H3. The molecule has 1 aromatic heterocycles. The van der Waals surface area contributed by atoms with Crippen LogP contribution in [-0.2, 0) is 12.0 Å². The molecule has 2 heterocycles. The zero-order chi connectivity index (χ0) is 18.2. The van der Waals surface area contributed by atoms with E-state index in [2.05, 4.69) is 17.0 Å². The Labute approximate surface area is 147 Å². The first kappa shape index (κ1) is 17.6. The summed E-state index contributed by atoms with van der Waals surface area (Å²) in [5.74, 6) is -0.141. The lowest BCUT2D eigenvalue weighted by molar-refractivity contribution is 0.0610. The van der Waals surface area contributed by atoms with E-state index in [-0.39, 0.29) is 28.6 Å². The number of hydrogen-bond acceptors (Lipinski definition) is 3. The molecule has 1 amide bonds. The van der Waals surface area contributed by atoms with E-state index in [1.807, 2.05) is 25.7 Å². The lowest BCUT2D eigenvalue weighted by atomic mass is 9.90. The van der Waals surface area contributed by atoms with Gasteiger partial charge in [0.15, 0.2) is 0 Å². The van der Waals surface area contributed by atoms with Gasteiger partial charge in [-0.05, 0) is 64.7 Å². The predicted octanol–water partition coefficient (Wildman–Crippen LogP) is 3.41. The van der Waals surface area contributed by atoms with Gasteiger partial charge in [0.05, 0.1) is 5.54 Å². The number of amides is 1. The van der Waals surface area contributed by atoms with Gasteiger partial charge in [-0.2, -0.15) is 0 Å². The Morgan fingerprint density at radius 3 is 2.56 bits per heavy atom. The van der Waals surface area contributed by atoms with Crippen LogP contribution in [-0.4, -0.2) is 37.7 Å². The fourth-order valence-electron chi connectivity index (χ4n) is 3.40. The lowest BCUT2D eigenvalue weighted by Gasteiger charge is -2.35. The van der Waals surface area contributed by atoms with Crippen molar-refractivity contribution >= 4 is 5.91 Å². The van der Waals surface area contributed by atoms with Crippen LogP contribution in [0, 0.1) is 5.82 Å². The maximum atomic E-state index is 13.1. The van der Waals surface area contributed by atoms with Gasteiger partial charge in [0.25, 0.3) is 5.91 Å². The normalized spacial score (nSPS) is 20.9. The van der Waals surface area contributed by atoms with Crippen molar-refractivity contribution in [3.8, 4) is 0 Å². The third-order valence-corrected chi connectivity index (χ3v) is 4.86. The van der Waals surface area contributed by atoms with Crippen molar-refractivity contribution in [1.29, 1.82) is 0 Å². The number of likely N-dealkylation sites (tertiary alicyclic amines) is 1. The van der Waals surface area contributed by atoms with Gasteiger partial charge in [-0.15, -0.1) is 5.10 Å². The first-order valence-electron chi connectivity index (χ1n) is 8.68. The molecular weight excluding hydrogens is 319 g/mol. The molecule has 2 aromatic rings. The van der Waals surface area contributed by atoms with Gasteiger partial charge in [0, 0.05) is 12.1 Å². The molecule has 1 fully saturated rings. The summed E-state index contributed by atoms with van der Waals surface area (Å²) in [6.07, 6.45) is 4.17. The highest BCUT2D eigenvalue weighted by Gasteiger charge is 2.41. The predicted molar refractivity (Wildman–Crippen MR) is 93.8 cm³/mol. The van der Waals surface area contributed by atoms with Gasteiger partial charge in [0.2, 0.25) is 5.82 Å². The van der Waals surface area contributed by atoms with Crippen molar-refractivity contribution in [1.82, 2.24) is 19.7 Å². The lowest BCUT2D eigenvalue weighted by Crippen LogP contribution is -2.47. The van der Waals surface area contributed by atoms with Crippen LogP contribution in [0.3, 0.4) is 0 Å². The number of halogens is 1. The van der Waals surface area contributed by atoms with Crippen molar-refractivity contribution in [2.75, 3.05) is 6.54 Å². The van der Waals surface area contributed by atoms with Crippen molar-refractivity contribution < 1.29 is 9.18 Å². The number of hydrogen-bond donors (Lipinski definition) is 0. The fraction of sp³-hybridized carbons (Fsp3) is 0.526. The average molecular weight is 344 g/mol. The van der Waals surface area contributed by atoms with Crippen molar-refractivity contribution in [2.24, 2.45) is 0 Å². The van der Waals surface area contributed by atoms with Crippen LogP contribution in [0.1, 0.15) is 56.7 Å². The maximum absolute atomic E-state index is 13.1. The molecule has 6 heteroatoms. The molecule has 25 heavy (non-hydrogen) atoms. The van der Waals surface area contributed by atoms with Crippen LogP contribution < -0.4 is 0 Å². The van der Waals surface area contributed by atoms with E-state index >= 15 is 0 Å². The molecule has 3 rings (SSSR count).